The topological polar surface area (TPSA) is 110 Å². The lowest BCUT2D eigenvalue weighted by Gasteiger charge is -2.36. The molecule has 0 atom stereocenters. The zero-order valence-electron chi connectivity index (χ0n) is 18.5. The maximum Gasteiger partial charge on any atom is 0.346 e. The molecular weight excluding hydrogens is 446 g/mol. The Morgan fingerprint density at radius 3 is 2.56 bits per heavy atom. The summed E-state index contributed by atoms with van der Waals surface area (Å²) in [7, 11) is 0. The summed E-state index contributed by atoms with van der Waals surface area (Å²) >= 11 is 0. The lowest BCUT2D eigenvalue weighted by molar-refractivity contribution is -0.159. The highest BCUT2D eigenvalue weighted by molar-refractivity contribution is 5.90. The molecule has 1 aliphatic rings. The van der Waals surface area contributed by atoms with Crippen molar-refractivity contribution in [3.63, 3.8) is 0 Å². The number of halogens is 2. The van der Waals surface area contributed by atoms with Gasteiger partial charge in [-0.05, 0) is 37.4 Å². The minimum atomic E-state index is -0.989. The van der Waals surface area contributed by atoms with E-state index in [4.69, 9.17) is 4.74 Å². The number of hydrogen-bond acceptors (Lipinski definition) is 7. The monoisotopic (exact) mass is 470 g/mol. The molecule has 4 rings (SSSR count). The third-order valence-electron chi connectivity index (χ3n) is 5.44. The van der Waals surface area contributed by atoms with Gasteiger partial charge < -0.3 is 20.7 Å². The van der Waals surface area contributed by atoms with Crippen molar-refractivity contribution >= 4 is 29.2 Å². The zero-order valence-corrected chi connectivity index (χ0v) is 18.5. The Morgan fingerprint density at radius 2 is 1.88 bits per heavy atom. The molecule has 3 heterocycles. The Kier molecular flexibility index (Phi) is 6.82. The third-order valence-corrected chi connectivity index (χ3v) is 5.44. The van der Waals surface area contributed by atoms with Gasteiger partial charge in [0.1, 0.15) is 5.60 Å². The van der Waals surface area contributed by atoms with Gasteiger partial charge in [-0.2, -0.15) is 4.68 Å². The molecule has 2 aromatic heterocycles. The first kappa shape index (κ1) is 23.3. The van der Waals surface area contributed by atoms with Gasteiger partial charge >= 0.3 is 12.0 Å². The van der Waals surface area contributed by atoms with Gasteiger partial charge in [0.15, 0.2) is 17.5 Å². The number of nitrogens with one attached hydrogen (secondary N) is 3. The average Bonchev–Trinajstić information content (AvgIpc) is 3.26. The van der Waals surface area contributed by atoms with Gasteiger partial charge in [-0.25, -0.2) is 13.6 Å². The van der Waals surface area contributed by atoms with Crippen molar-refractivity contribution in [2.45, 2.75) is 31.8 Å². The predicted molar refractivity (Wildman–Crippen MR) is 121 cm³/mol. The van der Waals surface area contributed by atoms with E-state index in [2.05, 4.69) is 26.0 Å². The fourth-order valence-electron chi connectivity index (χ4n) is 3.84. The van der Waals surface area contributed by atoms with Crippen molar-refractivity contribution in [3.8, 4) is 0 Å². The number of rotatable bonds is 6. The summed E-state index contributed by atoms with van der Waals surface area (Å²) in [5, 5.41) is 12.8. The van der Waals surface area contributed by atoms with E-state index in [0.29, 0.717) is 30.6 Å². The number of carbonyl (C=O) groups is 2. The highest BCUT2D eigenvalue weighted by Gasteiger charge is 2.35. The van der Waals surface area contributed by atoms with Crippen LogP contribution in [-0.2, 0) is 16.0 Å². The van der Waals surface area contributed by atoms with Crippen molar-refractivity contribution in [2.24, 2.45) is 0 Å². The number of aromatic nitrogens is 3. The number of esters is 1. The Hall–Kier alpha value is -3.86. The summed E-state index contributed by atoms with van der Waals surface area (Å²) in [5.74, 6) is -1.97. The second-order valence-electron chi connectivity index (χ2n) is 8.07. The normalized spacial score (nSPS) is 14.9. The summed E-state index contributed by atoms with van der Waals surface area (Å²) in [6.45, 7) is 2.93. The van der Waals surface area contributed by atoms with Crippen LogP contribution >= 0.6 is 0 Å². The van der Waals surface area contributed by atoms with E-state index < -0.39 is 23.3 Å². The molecule has 1 fully saturated rings. The molecule has 1 aliphatic heterocycles. The van der Waals surface area contributed by atoms with Crippen molar-refractivity contribution in [2.75, 3.05) is 23.7 Å². The Labute approximate surface area is 194 Å². The van der Waals surface area contributed by atoms with Gasteiger partial charge in [-0.3, -0.25) is 9.78 Å². The number of benzene rings is 1. The lowest BCUT2D eigenvalue weighted by atomic mass is 9.87. The molecular formula is C23H24F2N6O3. The van der Waals surface area contributed by atoms with Gasteiger partial charge in [0.25, 0.3) is 0 Å². The molecule has 34 heavy (non-hydrogen) atoms. The minimum Gasteiger partial charge on any atom is -0.459 e. The number of nitrogens with zero attached hydrogens (tertiary/aromatic N) is 3. The van der Waals surface area contributed by atoms with Gasteiger partial charge in [0, 0.05) is 55.9 Å². The third kappa shape index (κ3) is 5.73. The summed E-state index contributed by atoms with van der Waals surface area (Å²) < 4.78 is 33.1. The van der Waals surface area contributed by atoms with Crippen LogP contribution in [0, 0.1) is 11.6 Å². The van der Waals surface area contributed by atoms with Gasteiger partial charge in [0.05, 0.1) is 11.9 Å². The second kappa shape index (κ2) is 9.96. The van der Waals surface area contributed by atoms with Crippen molar-refractivity contribution in [3.05, 3.63) is 66.1 Å². The molecule has 1 aromatic carbocycles. The molecule has 3 aromatic rings. The number of ether oxygens (including phenoxy) is 1. The lowest BCUT2D eigenvalue weighted by Crippen LogP contribution is -2.46. The molecule has 3 N–H and O–H groups in total. The van der Waals surface area contributed by atoms with Gasteiger partial charge in [-0.15, -0.1) is 5.10 Å². The van der Waals surface area contributed by atoms with Crippen LogP contribution in [0.5, 0.6) is 0 Å². The zero-order chi connectivity index (χ0) is 24.1. The smallest absolute Gasteiger partial charge is 0.346 e. The SMILES string of the molecule is CC(=O)OC1(Cc2ccc(NC(=O)n3ccc(Nc4ccc(F)c(F)c4)n3)cn2)CCNCC1. The summed E-state index contributed by atoms with van der Waals surface area (Å²) in [5.41, 5.74) is 0.926. The van der Waals surface area contributed by atoms with Crippen LogP contribution in [0.3, 0.4) is 0 Å². The molecule has 11 heteroatoms. The predicted octanol–water partition coefficient (Wildman–Crippen LogP) is 3.61. The first-order valence-electron chi connectivity index (χ1n) is 10.8. The molecule has 178 valence electrons. The van der Waals surface area contributed by atoms with E-state index in [0.717, 1.165) is 35.6 Å². The molecule has 0 unspecified atom stereocenters. The van der Waals surface area contributed by atoms with E-state index >= 15 is 0 Å². The quantitative estimate of drug-likeness (QED) is 0.472. The van der Waals surface area contributed by atoms with Crippen LogP contribution < -0.4 is 16.0 Å². The molecule has 0 bridgehead atoms. The summed E-state index contributed by atoms with van der Waals surface area (Å²) in [4.78, 5) is 28.5. The van der Waals surface area contributed by atoms with Crippen LogP contribution in [0.1, 0.15) is 25.5 Å². The van der Waals surface area contributed by atoms with Gasteiger partial charge in [-0.1, -0.05) is 0 Å². The number of pyridine rings is 1. The van der Waals surface area contributed by atoms with Crippen LogP contribution in [0.15, 0.2) is 48.8 Å². The Balaban J connectivity index is 1.37. The minimum absolute atomic E-state index is 0.285. The number of piperidine rings is 1. The fourth-order valence-corrected chi connectivity index (χ4v) is 3.84. The molecule has 0 spiro atoms. The fraction of sp³-hybridized carbons (Fsp3) is 0.304. The molecule has 0 radical (unpaired) electrons. The number of carbonyl (C=O) groups excluding carboxylic acids is 2. The van der Waals surface area contributed by atoms with Crippen LogP contribution in [0.2, 0.25) is 0 Å². The Bertz CT molecular complexity index is 1180. The largest absolute Gasteiger partial charge is 0.459 e. The van der Waals surface area contributed by atoms with E-state index in [9.17, 15) is 18.4 Å². The van der Waals surface area contributed by atoms with E-state index in [-0.39, 0.29) is 11.8 Å². The van der Waals surface area contributed by atoms with Crippen molar-refractivity contribution < 1.29 is 23.1 Å². The first-order valence-corrected chi connectivity index (χ1v) is 10.8. The first-order chi connectivity index (χ1) is 16.3. The van der Waals surface area contributed by atoms with E-state index in [1.165, 1.54) is 31.5 Å². The summed E-state index contributed by atoms with van der Waals surface area (Å²) in [6.07, 6.45) is 4.85. The highest BCUT2D eigenvalue weighted by atomic mass is 19.2. The molecule has 0 aliphatic carbocycles. The van der Waals surface area contributed by atoms with E-state index in [1.54, 1.807) is 12.1 Å². The standard InChI is InChI=1S/C23H24F2N6O3/c1-15(32)34-23(7-9-26-10-8-23)13-17-2-3-18(14-27-17)29-22(33)31-11-6-21(30-31)28-16-4-5-19(24)20(25)12-16/h2-6,11-12,14,26H,7-10,13H2,1H3,(H,28,30)(H,29,33). The van der Waals surface area contributed by atoms with Crippen LogP contribution in [0.25, 0.3) is 0 Å². The average molecular weight is 470 g/mol. The maximum absolute atomic E-state index is 13.4. The number of amides is 1. The highest BCUT2D eigenvalue weighted by Crippen LogP contribution is 2.28. The summed E-state index contributed by atoms with van der Waals surface area (Å²) in [6, 6.07) is 7.85. The molecule has 1 saturated heterocycles. The number of hydrogen-bond donors (Lipinski definition) is 3. The number of anilines is 3. The maximum atomic E-state index is 13.4. The Morgan fingerprint density at radius 1 is 1.12 bits per heavy atom. The molecule has 1 amide bonds. The van der Waals surface area contributed by atoms with E-state index in [1.807, 2.05) is 0 Å². The van der Waals surface area contributed by atoms with Crippen molar-refractivity contribution in [1.29, 1.82) is 0 Å². The van der Waals surface area contributed by atoms with Crippen LogP contribution in [-0.4, -0.2) is 45.5 Å². The van der Waals surface area contributed by atoms with Gasteiger partial charge in [0.2, 0.25) is 0 Å². The second-order valence-corrected chi connectivity index (χ2v) is 8.07. The molecule has 0 saturated carbocycles. The molecule has 9 nitrogen and oxygen atoms in total. The van der Waals surface area contributed by atoms with Crippen LogP contribution in [0.4, 0.5) is 30.8 Å². The van der Waals surface area contributed by atoms with Crippen molar-refractivity contribution in [1.82, 2.24) is 20.1 Å².